The summed E-state index contributed by atoms with van der Waals surface area (Å²) in [7, 11) is 0. The summed E-state index contributed by atoms with van der Waals surface area (Å²) in [6, 6.07) is 8.09. The molecule has 1 atom stereocenters. The molecule has 1 aromatic rings. The monoisotopic (exact) mass is 335 g/mol. The van der Waals surface area contributed by atoms with Crippen molar-refractivity contribution in [1.82, 2.24) is 4.90 Å². The Bertz CT molecular complexity index is 489. The molecule has 0 radical (unpaired) electrons. The predicted molar refractivity (Wildman–Crippen MR) is 93.5 cm³/mol. The summed E-state index contributed by atoms with van der Waals surface area (Å²) in [5.74, 6) is 0.146. The lowest BCUT2D eigenvalue weighted by Crippen LogP contribution is -2.39. The maximum atomic E-state index is 10.7. The number of carboxylic acid groups (broad SMARTS) is 1. The van der Waals surface area contributed by atoms with Crippen LogP contribution in [-0.2, 0) is 9.53 Å². The summed E-state index contributed by atoms with van der Waals surface area (Å²) in [6.07, 6.45) is 5.00. The molecule has 2 rings (SSSR count). The van der Waals surface area contributed by atoms with Crippen LogP contribution in [0.5, 0.6) is 5.75 Å². The van der Waals surface area contributed by atoms with Crippen LogP contribution in [0.25, 0.3) is 0 Å². The summed E-state index contributed by atoms with van der Waals surface area (Å²) in [5, 5.41) is 8.80. The highest BCUT2D eigenvalue weighted by atomic mass is 16.5. The van der Waals surface area contributed by atoms with E-state index in [1.807, 2.05) is 24.3 Å². The van der Waals surface area contributed by atoms with Crippen molar-refractivity contribution in [3.8, 4) is 5.75 Å². The van der Waals surface area contributed by atoms with Crippen molar-refractivity contribution in [2.75, 3.05) is 32.8 Å². The van der Waals surface area contributed by atoms with E-state index in [4.69, 9.17) is 14.6 Å². The van der Waals surface area contributed by atoms with Gasteiger partial charge < -0.3 is 14.6 Å². The second-order valence-corrected chi connectivity index (χ2v) is 6.28. The molecule has 1 heterocycles. The fourth-order valence-corrected chi connectivity index (χ4v) is 2.86. The Morgan fingerprint density at radius 1 is 1.29 bits per heavy atom. The lowest BCUT2D eigenvalue weighted by Gasteiger charge is -2.32. The number of ether oxygens (including phenoxy) is 2. The highest BCUT2D eigenvalue weighted by Gasteiger charge is 2.22. The third kappa shape index (κ3) is 6.49. The third-order valence-corrected chi connectivity index (χ3v) is 4.31. The SMILES string of the molecule is CCCCCCOc1ccc([C@H]2CN(CCC(=O)O)CCO2)cc1. The van der Waals surface area contributed by atoms with E-state index >= 15 is 0 Å². The molecule has 1 saturated heterocycles. The van der Waals surface area contributed by atoms with Gasteiger partial charge in [-0.3, -0.25) is 9.69 Å². The molecule has 0 amide bonds. The average molecular weight is 335 g/mol. The molecule has 1 fully saturated rings. The lowest BCUT2D eigenvalue weighted by molar-refractivity contribution is -0.137. The fourth-order valence-electron chi connectivity index (χ4n) is 2.86. The second-order valence-electron chi connectivity index (χ2n) is 6.28. The zero-order chi connectivity index (χ0) is 17.2. The number of carbonyl (C=O) groups is 1. The number of hydrogen-bond donors (Lipinski definition) is 1. The summed E-state index contributed by atoms with van der Waals surface area (Å²) in [6.45, 7) is 5.72. The zero-order valence-corrected chi connectivity index (χ0v) is 14.6. The molecule has 0 aromatic heterocycles. The van der Waals surface area contributed by atoms with Crippen molar-refractivity contribution >= 4 is 5.97 Å². The quantitative estimate of drug-likeness (QED) is 0.663. The second kappa shape index (κ2) is 10.3. The Morgan fingerprint density at radius 2 is 2.08 bits per heavy atom. The van der Waals surface area contributed by atoms with E-state index in [0.29, 0.717) is 13.2 Å². The predicted octanol–water partition coefficient (Wildman–Crippen LogP) is 3.49. The molecule has 1 aromatic carbocycles. The molecule has 0 saturated carbocycles. The van der Waals surface area contributed by atoms with Gasteiger partial charge in [-0.2, -0.15) is 0 Å². The van der Waals surface area contributed by atoms with Crippen molar-refractivity contribution < 1.29 is 19.4 Å². The van der Waals surface area contributed by atoms with Crippen LogP contribution in [0.3, 0.4) is 0 Å². The van der Waals surface area contributed by atoms with Gasteiger partial charge in [-0.15, -0.1) is 0 Å². The minimum Gasteiger partial charge on any atom is -0.494 e. The largest absolute Gasteiger partial charge is 0.494 e. The molecule has 1 N–H and O–H groups in total. The highest BCUT2D eigenvalue weighted by Crippen LogP contribution is 2.24. The molecule has 1 aliphatic rings. The lowest BCUT2D eigenvalue weighted by atomic mass is 10.1. The van der Waals surface area contributed by atoms with E-state index in [0.717, 1.165) is 37.4 Å². The Labute approximate surface area is 144 Å². The zero-order valence-electron chi connectivity index (χ0n) is 14.6. The van der Waals surface area contributed by atoms with Gasteiger partial charge in [0.2, 0.25) is 0 Å². The first-order valence-electron chi connectivity index (χ1n) is 8.97. The van der Waals surface area contributed by atoms with Crippen molar-refractivity contribution in [2.24, 2.45) is 0 Å². The van der Waals surface area contributed by atoms with E-state index in [1.54, 1.807) is 0 Å². The standard InChI is InChI=1S/C19H29NO4/c1-2-3-4-5-13-23-17-8-6-16(7-9-17)18-15-20(12-14-24-18)11-10-19(21)22/h6-9,18H,2-5,10-15H2,1H3,(H,21,22)/t18-/m1/s1. The number of unbranched alkanes of at least 4 members (excludes halogenated alkanes) is 3. The maximum absolute atomic E-state index is 10.7. The Morgan fingerprint density at radius 3 is 2.79 bits per heavy atom. The van der Waals surface area contributed by atoms with Gasteiger partial charge in [0.1, 0.15) is 5.75 Å². The van der Waals surface area contributed by atoms with Crippen LogP contribution in [0, 0.1) is 0 Å². The molecule has 5 nitrogen and oxygen atoms in total. The van der Waals surface area contributed by atoms with Crippen molar-refractivity contribution in [1.29, 1.82) is 0 Å². The van der Waals surface area contributed by atoms with E-state index in [-0.39, 0.29) is 12.5 Å². The molecule has 0 spiro atoms. The Hall–Kier alpha value is -1.59. The number of aliphatic carboxylic acids is 1. The van der Waals surface area contributed by atoms with Gasteiger partial charge in [0.25, 0.3) is 0 Å². The van der Waals surface area contributed by atoms with Crippen molar-refractivity contribution in [3.63, 3.8) is 0 Å². The molecule has 134 valence electrons. The van der Waals surface area contributed by atoms with Gasteiger partial charge in [0, 0.05) is 19.6 Å². The topological polar surface area (TPSA) is 59.0 Å². The number of carboxylic acids is 1. The van der Waals surface area contributed by atoms with E-state index < -0.39 is 5.97 Å². The molecule has 0 unspecified atom stereocenters. The Balaban J connectivity index is 1.78. The van der Waals surface area contributed by atoms with Crippen LogP contribution in [0.2, 0.25) is 0 Å². The number of hydrogen-bond acceptors (Lipinski definition) is 4. The summed E-state index contributed by atoms with van der Waals surface area (Å²) in [4.78, 5) is 12.9. The summed E-state index contributed by atoms with van der Waals surface area (Å²) >= 11 is 0. The van der Waals surface area contributed by atoms with Crippen LogP contribution in [0.4, 0.5) is 0 Å². The first-order valence-corrected chi connectivity index (χ1v) is 8.97. The minimum atomic E-state index is -0.751. The third-order valence-electron chi connectivity index (χ3n) is 4.31. The van der Waals surface area contributed by atoms with Gasteiger partial charge in [-0.25, -0.2) is 0 Å². The number of benzene rings is 1. The maximum Gasteiger partial charge on any atom is 0.304 e. The molecule has 0 bridgehead atoms. The van der Waals surface area contributed by atoms with E-state index in [2.05, 4.69) is 11.8 Å². The molecule has 24 heavy (non-hydrogen) atoms. The van der Waals surface area contributed by atoms with Crippen LogP contribution in [-0.4, -0.2) is 48.8 Å². The Kier molecular flexibility index (Phi) is 8.05. The minimum absolute atomic E-state index is 0.00569. The highest BCUT2D eigenvalue weighted by molar-refractivity contribution is 5.66. The van der Waals surface area contributed by atoms with E-state index in [1.165, 1.54) is 19.3 Å². The van der Waals surface area contributed by atoms with Gasteiger partial charge in [-0.05, 0) is 24.1 Å². The summed E-state index contributed by atoms with van der Waals surface area (Å²) < 4.78 is 11.6. The fraction of sp³-hybridized carbons (Fsp3) is 0.632. The number of rotatable bonds is 10. The number of nitrogens with zero attached hydrogens (tertiary/aromatic N) is 1. The van der Waals surface area contributed by atoms with Crippen molar-refractivity contribution in [3.05, 3.63) is 29.8 Å². The summed E-state index contributed by atoms with van der Waals surface area (Å²) in [5.41, 5.74) is 1.12. The molecule has 0 aliphatic carbocycles. The molecule has 5 heteroatoms. The van der Waals surface area contributed by atoms with Crippen molar-refractivity contribution in [2.45, 2.75) is 45.1 Å². The van der Waals surface area contributed by atoms with Crippen LogP contribution in [0.1, 0.15) is 50.7 Å². The first-order chi connectivity index (χ1) is 11.7. The van der Waals surface area contributed by atoms with Crippen LogP contribution < -0.4 is 4.74 Å². The number of morpholine rings is 1. The van der Waals surface area contributed by atoms with Gasteiger partial charge >= 0.3 is 5.97 Å². The molecule has 1 aliphatic heterocycles. The average Bonchev–Trinajstić information content (AvgIpc) is 2.60. The van der Waals surface area contributed by atoms with Crippen LogP contribution >= 0.6 is 0 Å². The van der Waals surface area contributed by atoms with Gasteiger partial charge in [-0.1, -0.05) is 38.3 Å². The van der Waals surface area contributed by atoms with Gasteiger partial charge in [0.15, 0.2) is 0 Å². The molecular weight excluding hydrogens is 306 g/mol. The van der Waals surface area contributed by atoms with Crippen LogP contribution in [0.15, 0.2) is 24.3 Å². The van der Waals surface area contributed by atoms with Gasteiger partial charge in [0.05, 0.1) is 25.7 Å². The van der Waals surface area contributed by atoms with E-state index in [9.17, 15) is 4.79 Å². The molecular formula is C19H29NO4. The smallest absolute Gasteiger partial charge is 0.304 e. The first kappa shape index (κ1) is 18.7. The normalized spacial score (nSPS) is 18.5.